The van der Waals surface area contributed by atoms with Crippen molar-refractivity contribution in [3.8, 4) is 0 Å². The molecule has 0 unspecified atom stereocenters. The molecule has 1 aromatic heterocycles. The third-order valence-corrected chi connectivity index (χ3v) is 6.84. The molecule has 20 heavy (non-hydrogen) atoms. The number of rotatable bonds is 11. The maximum absolute atomic E-state index is 5.38. The number of hydrogen-bond donors (Lipinski definition) is 1. The summed E-state index contributed by atoms with van der Waals surface area (Å²) in [5.41, 5.74) is 0. The standard InChI is InChI=1S/C12H25N3O3SSi/c1-5-6-8-11-13-12(15-14-11)19-9-7-10-20(16-2,17-3)18-4/h5-10H2,1-4H3,(H,13,14,15). The Morgan fingerprint density at radius 1 is 1.15 bits per heavy atom. The molecule has 0 aliphatic heterocycles. The Morgan fingerprint density at radius 2 is 1.85 bits per heavy atom. The summed E-state index contributed by atoms with van der Waals surface area (Å²) in [5.74, 6) is 1.90. The van der Waals surface area contributed by atoms with Gasteiger partial charge in [0.15, 0.2) is 0 Å². The quantitative estimate of drug-likeness (QED) is 0.384. The van der Waals surface area contributed by atoms with Crippen molar-refractivity contribution in [1.29, 1.82) is 0 Å². The predicted octanol–water partition coefficient (Wildman–Crippen LogP) is 2.51. The molecule has 0 amide bonds. The molecule has 8 heteroatoms. The summed E-state index contributed by atoms with van der Waals surface area (Å²) in [5, 5.41) is 8.01. The molecule has 0 atom stereocenters. The van der Waals surface area contributed by atoms with Crippen LogP contribution in [0, 0.1) is 0 Å². The van der Waals surface area contributed by atoms with Crippen LogP contribution in [0.15, 0.2) is 5.16 Å². The van der Waals surface area contributed by atoms with Crippen LogP contribution in [0.5, 0.6) is 0 Å². The minimum atomic E-state index is -2.43. The zero-order valence-corrected chi connectivity index (χ0v) is 14.6. The Morgan fingerprint density at radius 3 is 2.45 bits per heavy atom. The average Bonchev–Trinajstić information content (AvgIpc) is 2.94. The first-order valence-corrected chi connectivity index (χ1v) is 9.81. The van der Waals surface area contributed by atoms with E-state index in [1.165, 1.54) is 6.42 Å². The van der Waals surface area contributed by atoms with Gasteiger partial charge < -0.3 is 13.3 Å². The number of H-pyrrole nitrogens is 1. The van der Waals surface area contributed by atoms with E-state index in [2.05, 4.69) is 22.1 Å². The number of unbranched alkanes of at least 4 members (excludes halogenated alkanes) is 1. The van der Waals surface area contributed by atoms with Crippen LogP contribution in [0.3, 0.4) is 0 Å². The van der Waals surface area contributed by atoms with Crippen molar-refractivity contribution in [1.82, 2.24) is 15.2 Å². The van der Waals surface area contributed by atoms with Gasteiger partial charge in [-0.25, -0.2) is 4.98 Å². The van der Waals surface area contributed by atoms with Crippen LogP contribution in [0.2, 0.25) is 6.04 Å². The summed E-state index contributed by atoms with van der Waals surface area (Å²) in [6.07, 6.45) is 4.23. The van der Waals surface area contributed by atoms with Crippen molar-refractivity contribution in [2.24, 2.45) is 0 Å². The van der Waals surface area contributed by atoms with Gasteiger partial charge in [-0.05, 0) is 12.8 Å². The summed E-state index contributed by atoms with van der Waals surface area (Å²) in [6, 6.07) is 0.802. The molecule has 1 N–H and O–H groups in total. The monoisotopic (exact) mass is 319 g/mol. The number of thioether (sulfide) groups is 1. The molecule has 0 bridgehead atoms. The fourth-order valence-electron chi connectivity index (χ4n) is 1.81. The van der Waals surface area contributed by atoms with Crippen molar-refractivity contribution >= 4 is 20.6 Å². The summed E-state index contributed by atoms with van der Waals surface area (Å²) >= 11 is 1.65. The Balaban J connectivity index is 2.28. The van der Waals surface area contributed by atoms with Gasteiger partial charge in [-0.1, -0.05) is 25.1 Å². The first kappa shape index (κ1) is 17.6. The number of hydrogen-bond acceptors (Lipinski definition) is 6. The number of aryl methyl sites for hydroxylation is 1. The first-order valence-electron chi connectivity index (χ1n) is 6.89. The van der Waals surface area contributed by atoms with Crippen LogP contribution in [0.4, 0.5) is 0 Å². The molecule has 116 valence electrons. The average molecular weight is 320 g/mol. The largest absolute Gasteiger partial charge is 0.500 e. The van der Waals surface area contributed by atoms with E-state index in [-0.39, 0.29) is 0 Å². The summed E-state index contributed by atoms with van der Waals surface area (Å²) in [7, 11) is 2.49. The van der Waals surface area contributed by atoms with Gasteiger partial charge in [-0.3, -0.25) is 5.10 Å². The first-order chi connectivity index (χ1) is 9.69. The van der Waals surface area contributed by atoms with Gasteiger partial charge >= 0.3 is 8.80 Å². The second-order valence-electron chi connectivity index (χ2n) is 4.42. The lowest BCUT2D eigenvalue weighted by atomic mass is 10.2. The highest BCUT2D eigenvalue weighted by atomic mass is 32.2. The minimum Gasteiger partial charge on any atom is -0.377 e. The molecule has 0 saturated carbocycles. The Kier molecular flexibility index (Phi) is 8.39. The Hall–Kier alpha value is -0.413. The topological polar surface area (TPSA) is 69.3 Å². The van der Waals surface area contributed by atoms with E-state index in [1.807, 2.05) is 0 Å². The predicted molar refractivity (Wildman–Crippen MR) is 81.9 cm³/mol. The smallest absolute Gasteiger partial charge is 0.377 e. The lowest BCUT2D eigenvalue weighted by Crippen LogP contribution is -2.42. The summed E-state index contributed by atoms with van der Waals surface area (Å²) < 4.78 is 16.2. The Labute approximate surface area is 126 Å². The second kappa shape index (κ2) is 9.51. The molecular weight excluding hydrogens is 294 g/mol. The van der Waals surface area contributed by atoms with Gasteiger partial charge in [-0.2, -0.15) is 0 Å². The van der Waals surface area contributed by atoms with E-state index >= 15 is 0 Å². The number of nitrogens with one attached hydrogen (secondary N) is 1. The highest BCUT2D eigenvalue weighted by Gasteiger charge is 2.36. The Bertz CT molecular complexity index is 366. The van der Waals surface area contributed by atoms with Crippen molar-refractivity contribution in [2.75, 3.05) is 27.1 Å². The second-order valence-corrected chi connectivity index (χ2v) is 8.57. The zero-order valence-electron chi connectivity index (χ0n) is 12.8. The number of aromatic nitrogens is 3. The molecule has 1 rings (SSSR count). The normalized spacial score (nSPS) is 12.0. The lowest BCUT2D eigenvalue weighted by molar-refractivity contribution is 0.123. The van der Waals surface area contributed by atoms with Crippen molar-refractivity contribution in [2.45, 2.75) is 43.8 Å². The lowest BCUT2D eigenvalue weighted by Gasteiger charge is -2.23. The molecule has 0 radical (unpaired) electrons. The van der Waals surface area contributed by atoms with Crippen LogP contribution in [-0.2, 0) is 19.7 Å². The minimum absolute atomic E-state index is 0.802. The van der Waals surface area contributed by atoms with Crippen LogP contribution >= 0.6 is 11.8 Å². The molecule has 0 aliphatic carbocycles. The van der Waals surface area contributed by atoms with Gasteiger partial charge in [0, 0.05) is 39.5 Å². The molecule has 6 nitrogen and oxygen atoms in total. The van der Waals surface area contributed by atoms with E-state index < -0.39 is 8.80 Å². The highest BCUT2D eigenvalue weighted by Crippen LogP contribution is 2.20. The van der Waals surface area contributed by atoms with Crippen LogP contribution in [0.1, 0.15) is 32.0 Å². The highest BCUT2D eigenvalue weighted by molar-refractivity contribution is 7.99. The third-order valence-electron chi connectivity index (χ3n) is 3.07. The molecule has 0 saturated heterocycles. The summed E-state index contributed by atoms with van der Waals surface area (Å²) in [6.45, 7) is 2.17. The van der Waals surface area contributed by atoms with E-state index in [0.717, 1.165) is 42.0 Å². The van der Waals surface area contributed by atoms with Gasteiger partial charge in [-0.15, -0.1) is 5.10 Å². The summed E-state index contributed by atoms with van der Waals surface area (Å²) in [4.78, 5) is 4.46. The molecule has 0 aliphatic rings. The van der Waals surface area contributed by atoms with E-state index in [1.54, 1.807) is 33.1 Å². The number of nitrogens with zero attached hydrogens (tertiary/aromatic N) is 2. The molecule has 0 fully saturated rings. The fraction of sp³-hybridized carbons (Fsp3) is 0.833. The zero-order chi connectivity index (χ0) is 14.8. The van der Waals surface area contributed by atoms with Gasteiger partial charge in [0.05, 0.1) is 0 Å². The van der Waals surface area contributed by atoms with Gasteiger partial charge in [0.1, 0.15) is 5.82 Å². The van der Waals surface area contributed by atoms with E-state index in [9.17, 15) is 0 Å². The molecular formula is C12H25N3O3SSi. The van der Waals surface area contributed by atoms with Crippen LogP contribution in [-0.4, -0.2) is 51.1 Å². The van der Waals surface area contributed by atoms with Gasteiger partial charge in [0.25, 0.3) is 0 Å². The van der Waals surface area contributed by atoms with Crippen molar-refractivity contribution in [3.63, 3.8) is 0 Å². The molecule has 0 spiro atoms. The maximum atomic E-state index is 5.38. The van der Waals surface area contributed by atoms with E-state index in [0.29, 0.717) is 0 Å². The molecule has 1 heterocycles. The fourth-order valence-corrected chi connectivity index (χ4v) is 4.54. The van der Waals surface area contributed by atoms with Crippen molar-refractivity contribution in [3.05, 3.63) is 5.82 Å². The van der Waals surface area contributed by atoms with Crippen LogP contribution < -0.4 is 0 Å². The van der Waals surface area contributed by atoms with Crippen LogP contribution in [0.25, 0.3) is 0 Å². The van der Waals surface area contributed by atoms with Crippen molar-refractivity contribution < 1.29 is 13.3 Å². The van der Waals surface area contributed by atoms with E-state index in [4.69, 9.17) is 13.3 Å². The molecule has 0 aromatic carbocycles. The SMILES string of the molecule is CCCCc1nc(SCCC[Si](OC)(OC)OC)n[nH]1. The number of aromatic amines is 1. The maximum Gasteiger partial charge on any atom is 0.500 e. The third kappa shape index (κ3) is 5.53. The molecule has 1 aromatic rings. The van der Waals surface area contributed by atoms with Gasteiger partial charge in [0.2, 0.25) is 5.16 Å².